The number of hydrogen-bond acceptors (Lipinski definition) is 5. The molecular weight excluding hydrogens is 324 g/mol. The summed E-state index contributed by atoms with van der Waals surface area (Å²) < 4.78 is 10.8. The zero-order valence-corrected chi connectivity index (χ0v) is 14.6. The third kappa shape index (κ3) is 4.38. The maximum Gasteiger partial charge on any atom is 0.249 e. The second-order valence-electron chi connectivity index (χ2n) is 6.59. The third-order valence-electron chi connectivity index (χ3n) is 4.96. The van der Waals surface area contributed by atoms with Gasteiger partial charge in [0.25, 0.3) is 0 Å². The number of nitrogens with one attached hydrogen (secondary N) is 1. The van der Waals surface area contributed by atoms with Crippen LogP contribution in [-0.4, -0.2) is 83.9 Å². The molecule has 0 aromatic carbocycles. The van der Waals surface area contributed by atoms with Gasteiger partial charge in [-0.3, -0.25) is 14.7 Å². The summed E-state index contributed by atoms with van der Waals surface area (Å²) in [5.41, 5.74) is 1.11. The molecule has 0 radical (unpaired) electrons. The van der Waals surface area contributed by atoms with Gasteiger partial charge in [-0.2, -0.15) is 5.10 Å². The molecule has 2 saturated heterocycles. The number of aromatic nitrogens is 2. The number of aromatic amines is 1. The molecule has 0 bridgehead atoms. The molecule has 3 rings (SSSR count). The molecule has 0 aliphatic carbocycles. The van der Waals surface area contributed by atoms with Crippen LogP contribution in [0.4, 0.5) is 0 Å². The van der Waals surface area contributed by atoms with Crippen LogP contribution in [0.25, 0.3) is 0 Å². The number of rotatable bonds is 7. The number of nitrogens with zero attached hydrogens (tertiary/aromatic N) is 3. The number of hydrogen-bond donors (Lipinski definition) is 1. The molecule has 3 heterocycles. The Morgan fingerprint density at radius 3 is 3.16 bits per heavy atom. The predicted octanol–water partition coefficient (Wildman–Crippen LogP) is 0.207. The molecule has 25 heavy (non-hydrogen) atoms. The molecule has 2 aliphatic rings. The molecule has 0 saturated carbocycles. The molecule has 2 amide bonds. The molecule has 0 spiro atoms. The van der Waals surface area contributed by atoms with E-state index in [0.29, 0.717) is 32.7 Å². The molecule has 0 unspecified atom stereocenters. The molecule has 2 aliphatic heterocycles. The molecule has 1 N–H and O–H groups in total. The summed E-state index contributed by atoms with van der Waals surface area (Å²) in [4.78, 5) is 28.4. The van der Waals surface area contributed by atoms with E-state index in [9.17, 15) is 9.59 Å². The zero-order valence-electron chi connectivity index (χ0n) is 14.6. The van der Waals surface area contributed by atoms with Gasteiger partial charge in [-0.1, -0.05) is 0 Å². The van der Waals surface area contributed by atoms with Crippen LogP contribution in [0.1, 0.15) is 24.8 Å². The highest BCUT2D eigenvalue weighted by Gasteiger charge is 2.41. The molecule has 1 aromatic rings. The van der Waals surface area contributed by atoms with Gasteiger partial charge in [-0.25, -0.2) is 0 Å². The van der Waals surface area contributed by atoms with Gasteiger partial charge in [0, 0.05) is 39.4 Å². The number of piperidine rings is 1. The number of likely N-dealkylation sites (tertiary alicyclic amines) is 1. The second-order valence-corrected chi connectivity index (χ2v) is 6.59. The third-order valence-corrected chi connectivity index (χ3v) is 4.96. The standard InChI is InChI=1S/C17H26N4O4/c1-24-8-7-21-14-11-20(6-5-15(14)25-12-17(21)23)16(22)4-2-3-13-9-18-19-10-13/h9-10,14-15H,2-8,11-12H2,1H3,(H,18,19)/t14-,15+/m0/s1. The summed E-state index contributed by atoms with van der Waals surface area (Å²) >= 11 is 0. The van der Waals surface area contributed by atoms with Crippen LogP contribution in [0.3, 0.4) is 0 Å². The number of amides is 2. The molecule has 1 aromatic heterocycles. The summed E-state index contributed by atoms with van der Waals surface area (Å²) in [5, 5.41) is 6.69. The lowest BCUT2D eigenvalue weighted by Crippen LogP contribution is -2.63. The molecule has 2 fully saturated rings. The van der Waals surface area contributed by atoms with E-state index in [2.05, 4.69) is 10.2 Å². The van der Waals surface area contributed by atoms with Crippen molar-refractivity contribution in [3.8, 4) is 0 Å². The number of aryl methyl sites for hydroxylation is 1. The molecule has 2 atom stereocenters. The summed E-state index contributed by atoms with van der Waals surface area (Å²) in [6.45, 7) is 2.40. The van der Waals surface area contributed by atoms with Crippen LogP contribution in [0.15, 0.2) is 12.4 Å². The number of fused-ring (bicyclic) bond motifs is 1. The Balaban J connectivity index is 1.53. The minimum absolute atomic E-state index is 0.0181. The minimum atomic E-state index is -0.0667. The first-order valence-corrected chi connectivity index (χ1v) is 8.84. The highest BCUT2D eigenvalue weighted by atomic mass is 16.5. The Bertz CT molecular complexity index is 577. The lowest BCUT2D eigenvalue weighted by Gasteiger charge is -2.46. The lowest BCUT2D eigenvalue weighted by molar-refractivity contribution is -0.167. The fraction of sp³-hybridized carbons (Fsp3) is 0.706. The SMILES string of the molecule is COCCN1C(=O)CO[C@@H]2CCN(C(=O)CCCc3cn[nH]c3)C[C@@H]21. The number of ether oxygens (including phenoxy) is 2. The quantitative estimate of drug-likeness (QED) is 0.759. The zero-order chi connectivity index (χ0) is 17.6. The topological polar surface area (TPSA) is 87.8 Å². The molecule has 138 valence electrons. The second kappa shape index (κ2) is 8.44. The number of carbonyl (C=O) groups excluding carboxylic acids is 2. The van der Waals surface area contributed by atoms with Gasteiger partial charge >= 0.3 is 0 Å². The highest BCUT2D eigenvalue weighted by Crippen LogP contribution is 2.24. The molecular formula is C17H26N4O4. The van der Waals surface area contributed by atoms with Crippen LogP contribution in [0.2, 0.25) is 0 Å². The predicted molar refractivity (Wildman–Crippen MR) is 89.8 cm³/mol. The monoisotopic (exact) mass is 350 g/mol. The average molecular weight is 350 g/mol. The number of H-pyrrole nitrogens is 1. The van der Waals surface area contributed by atoms with E-state index in [1.165, 1.54) is 0 Å². The van der Waals surface area contributed by atoms with Crippen molar-refractivity contribution >= 4 is 11.8 Å². The van der Waals surface area contributed by atoms with Crippen LogP contribution in [-0.2, 0) is 25.5 Å². The normalized spacial score (nSPS) is 23.6. The van der Waals surface area contributed by atoms with Crippen molar-refractivity contribution in [1.29, 1.82) is 0 Å². The Hall–Kier alpha value is -1.93. The van der Waals surface area contributed by atoms with E-state index >= 15 is 0 Å². The van der Waals surface area contributed by atoms with Crippen molar-refractivity contribution < 1.29 is 19.1 Å². The maximum atomic E-state index is 12.5. The van der Waals surface area contributed by atoms with Crippen LogP contribution < -0.4 is 0 Å². The van der Waals surface area contributed by atoms with Gasteiger partial charge in [0.2, 0.25) is 11.8 Å². The van der Waals surface area contributed by atoms with Gasteiger partial charge in [-0.15, -0.1) is 0 Å². The average Bonchev–Trinajstić information content (AvgIpc) is 3.14. The van der Waals surface area contributed by atoms with Crippen LogP contribution >= 0.6 is 0 Å². The van der Waals surface area contributed by atoms with E-state index in [1.54, 1.807) is 13.3 Å². The van der Waals surface area contributed by atoms with Gasteiger partial charge in [-0.05, 0) is 24.8 Å². The fourth-order valence-corrected chi connectivity index (χ4v) is 3.57. The van der Waals surface area contributed by atoms with Crippen molar-refractivity contribution in [3.63, 3.8) is 0 Å². The first-order chi connectivity index (χ1) is 12.2. The molecule has 8 heteroatoms. The van der Waals surface area contributed by atoms with Crippen molar-refractivity contribution in [2.75, 3.05) is 40.0 Å². The maximum absolute atomic E-state index is 12.5. The minimum Gasteiger partial charge on any atom is -0.383 e. The Labute approximate surface area is 147 Å². The van der Waals surface area contributed by atoms with Gasteiger partial charge in [0.05, 0.1) is 24.9 Å². The van der Waals surface area contributed by atoms with Crippen molar-refractivity contribution in [2.45, 2.75) is 37.8 Å². The van der Waals surface area contributed by atoms with E-state index in [4.69, 9.17) is 9.47 Å². The van der Waals surface area contributed by atoms with Crippen molar-refractivity contribution in [3.05, 3.63) is 18.0 Å². The Kier molecular flexibility index (Phi) is 6.04. The van der Waals surface area contributed by atoms with Crippen molar-refractivity contribution in [2.24, 2.45) is 0 Å². The van der Waals surface area contributed by atoms with E-state index in [0.717, 1.165) is 24.8 Å². The summed E-state index contributed by atoms with van der Waals surface area (Å²) in [5.74, 6) is 0.124. The fourth-order valence-electron chi connectivity index (χ4n) is 3.57. The van der Waals surface area contributed by atoms with Gasteiger partial charge in [0.15, 0.2) is 0 Å². The smallest absolute Gasteiger partial charge is 0.249 e. The van der Waals surface area contributed by atoms with E-state index < -0.39 is 0 Å². The van der Waals surface area contributed by atoms with Gasteiger partial charge in [0.1, 0.15) is 6.61 Å². The van der Waals surface area contributed by atoms with Crippen LogP contribution in [0, 0.1) is 0 Å². The van der Waals surface area contributed by atoms with E-state index in [1.807, 2.05) is 16.0 Å². The van der Waals surface area contributed by atoms with Gasteiger partial charge < -0.3 is 19.3 Å². The number of methoxy groups -OCH3 is 1. The lowest BCUT2D eigenvalue weighted by atomic mass is 9.98. The van der Waals surface area contributed by atoms with E-state index in [-0.39, 0.29) is 30.6 Å². The number of carbonyl (C=O) groups is 2. The number of morpholine rings is 1. The summed E-state index contributed by atoms with van der Waals surface area (Å²) in [6.07, 6.45) is 6.58. The van der Waals surface area contributed by atoms with Crippen molar-refractivity contribution in [1.82, 2.24) is 20.0 Å². The highest BCUT2D eigenvalue weighted by molar-refractivity contribution is 5.79. The first kappa shape index (κ1) is 17.9. The van der Waals surface area contributed by atoms with Crippen LogP contribution in [0.5, 0.6) is 0 Å². The summed E-state index contributed by atoms with van der Waals surface area (Å²) in [7, 11) is 1.62. The molecule has 8 nitrogen and oxygen atoms in total. The first-order valence-electron chi connectivity index (χ1n) is 8.84. The largest absolute Gasteiger partial charge is 0.383 e. The Morgan fingerprint density at radius 1 is 1.52 bits per heavy atom. The summed E-state index contributed by atoms with van der Waals surface area (Å²) in [6, 6.07) is -0.0667. The Morgan fingerprint density at radius 2 is 2.40 bits per heavy atom.